The normalized spacial score (nSPS) is 20.4. The smallest absolute Gasteiger partial charge is 0.190 e. The summed E-state index contributed by atoms with van der Waals surface area (Å²) in [4.78, 5) is 25.1. The topological polar surface area (TPSA) is 99.2 Å². The summed E-state index contributed by atoms with van der Waals surface area (Å²) < 4.78 is 7.05. The number of benzene rings is 1. The third-order valence-corrected chi connectivity index (χ3v) is 4.28. The summed E-state index contributed by atoms with van der Waals surface area (Å²) in [7, 11) is 0. The number of anilines is 1. The number of carbonyl (C=O) groups is 2. The molecule has 1 aromatic heterocycles. The Balaban J connectivity index is 1.73. The van der Waals surface area contributed by atoms with Crippen molar-refractivity contribution in [1.82, 2.24) is 15.1 Å². The fourth-order valence-corrected chi connectivity index (χ4v) is 3.02. The van der Waals surface area contributed by atoms with Gasteiger partial charge < -0.3 is 15.8 Å². The van der Waals surface area contributed by atoms with Crippen molar-refractivity contribution in [3.05, 3.63) is 47.8 Å². The van der Waals surface area contributed by atoms with Crippen LogP contribution in [0.15, 0.2) is 36.5 Å². The number of nitrogens with one attached hydrogen (secondary N) is 1. The molecule has 1 aliphatic rings. The molecule has 2 unspecified atom stereocenters. The molecule has 2 atom stereocenters. The Morgan fingerprint density at radius 1 is 1.36 bits per heavy atom. The van der Waals surface area contributed by atoms with E-state index in [2.05, 4.69) is 10.4 Å². The highest BCUT2D eigenvalue weighted by molar-refractivity contribution is 6.10. The summed E-state index contributed by atoms with van der Waals surface area (Å²) in [6, 6.07) is 9.54. The first-order valence-electron chi connectivity index (χ1n) is 8.32. The Kier molecular flexibility index (Phi) is 5.25. The SMILES string of the molecule is CC1NCCOC1C(=O)CC(=O)c1c(N)cnn1Cc1ccccc1. The Bertz CT molecular complexity index is 757. The van der Waals surface area contributed by atoms with E-state index in [1.165, 1.54) is 6.20 Å². The van der Waals surface area contributed by atoms with E-state index in [1.807, 2.05) is 37.3 Å². The number of hydrogen-bond donors (Lipinski definition) is 2. The molecule has 0 aliphatic carbocycles. The number of morpholine rings is 1. The van der Waals surface area contributed by atoms with Crippen LogP contribution in [0.5, 0.6) is 0 Å². The van der Waals surface area contributed by atoms with Gasteiger partial charge in [-0.25, -0.2) is 0 Å². The molecular formula is C18H22N4O3. The van der Waals surface area contributed by atoms with E-state index in [-0.39, 0.29) is 35.4 Å². The van der Waals surface area contributed by atoms with Crippen molar-refractivity contribution < 1.29 is 14.3 Å². The summed E-state index contributed by atoms with van der Waals surface area (Å²) in [5, 5.41) is 7.36. The first-order chi connectivity index (χ1) is 12.1. The third kappa shape index (κ3) is 3.94. The number of nitrogens with zero attached hydrogens (tertiary/aromatic N) is 2. The van der Waals surface area contributed by atoms with E-state index < -0.39 is 6.10 Å². The predicted molar refractivity (Wildman–Crippen MR) is 93.3 cm³/mol. The van der Waals surface area contributed by atoms with Crippen molar-refractivity contribution in [2.24, 2.45) is 0 Å². The fourth-order valence-electron chi connectivity index (χ4n) is 3.02. The highest BCUT2D eigenvalue weighted by atomic mass is 16.5. The van der Waals surface area contributed by atoms with Gasteiger partial charge in [-0.05, 0) is 12.5 Å². The number of carbonyl (C=O) groups excluding carboxylic acids is 2. The number of ketones is 2. The molecule has 1 saturated heterocycles. The minimum absolute atomic E-state index is 0.111. The van der Waals surface area contributed by atoms with Gasteiger partial charge in [0.25, 0.3) is 0 Å². The molecule has 132 valence electrons. The summed E-state index contributed by atoms with van der Waals surface area (Å²) >= 11 is 0. The number of nitrogen functional groups attached to an aromatic ring is 1. The van der Waals surface area contributed by atoms with Crippen LogP contribution < -0.4 is 11.1 Å². The molecule has 0 bridgehead atoms. The highest BCUT2D eigenvalue weighted by Crippen LogP contribution is 2.17. The van der Waals surface area contributed by atoms with Gasteiger partial charge in [-0.2, -0.15) is 5.10 Å². The molecule has 0 amide bonds. The molecule has 7 heteroatoms. The van der Waals surface area contributed by atoms with Crippen molar-refractivity contribution in [2.75, 3.05) is 18.9 Å². The zero-order valence-electron chi connectivity index (χ0n) is 14.1. The highest BCUT2D eigenvalue weighted by Gasteiger charge is 2.31. The van der Waals surface area contributed by atoms with Gasteiger partial charge in [0.15, 0.2) is 11.6 Å². The van der Waals surface area contributed by atoms with E-state index in [9.17, 15) is 9.59 Å². The molecule has 0 radical (unpaired) electrons. The maximum atomic E-state index is 12.7. The minimum atomic E-state index is -0.607. The van der Waals surface area contributed by atoms with E-state index in [0.717, 1.165) is 5.56 Å². The van der Waals surface area contributed by atoms with Gasteiger partial charge in [-0.15, -0.1) is 0 Å². The molecule has 2 aromatic rings. The monoisotopic (exact) mass is 342 g/mol. The van der Waals surface area contributed by atoms with Crippen LogP contribution in [0.25, 0.3) is 0 Å². The summed E-state index contributed by atoms with van der Waals surface area (Å²) in [5.74, 6) is -0.575. The second kappa shape index (κ2) is 7.58. The van der Waals surface area contributed by atoms with Gasteiger partial charge in [0.05, 0.1) is 31.5 Å². The largest absolute Gasteiger partial charge is 0.396 e. The number of ether oxygens (including phenoxy) is 1. The molecule has 3 rings (SSSR count). The van der Waals surface area contributed by atoms with Crippen LogP contribution in [0.1, 0.15) is 29.4 Å². The van der Waals surface area contributed by atoms with Crippen LogP contribution in [0.3, 0.4) is 0 Å². The van der Waals surface area contributed by atoms with Crippen LogP contribution in [0.4, 0.5) is 5.69 Å². The molecule has 1 aromatic carbocycles. The maximum absolute atomic E-state index is 12.7. The average molecular weight is 342 g/mol. The van der Waals surface area contributed by atoms with Crippen molar-refractivity contribution in [3.63, 3.8) is 0 Å². The lowest BCUT2D eigenvalue weighted by Crippen LogP contribution is -2.50. The fraction of sp³-hybridized carbons (Fsp3) is 0.389. The molecular weight excluding hydrogens is 320 g/mol. The summed E-state index contributed by atoms with van der Waals surface area (Å²) in [6.07, 6.45) is 0.591. The van der Waals surface area contributed by atoms with Crippen LogP contribution in [0.2, 0.25) is 0 Å². The first kappa shape index (κ1) is 17.3. The lowest BCUT2D eigenvalue weighted by atomic mass is 10.0. The maximum Gasteiger partial charge on any atom is 0.190 e. The number of rotatable bonds is 6. The Labute approximate surface area is 146 Å². The van der Waals surface area contributed by atoms with E-state index >= 15 is 0 Å². The number of Topliss-reactive ketones (excluding diaryl/α,β-unsaturated/α-hetero) is 2. The van der Waals surface area contributed by atoms with Crippen LogP contribution >= 0.6 is 0 Å². The Morgan fingerprint density at radius 2 is 2.12 bits per heavy atom. The number of nitrogens with two attached hydrogens (primary N) is 1. The lowest BCUT2D eigenvalue weighted by molar-refractivity contribution is -0.133. The van der Waals surface area contributed by atoms with Crippen molar-refractivity contribution >= 4 is 17.3 Å². The van der Waals surface area contributed by atoms with Gasteiger partial charge in [-0.1, -0.05) is 30.3 Å². The first-order valence-corrected chi connectivity index (χ1v) is 8.32. The zero-order chi connectivity index (χ0) is 17.8. The van der Waals surface area contributed by atoms with E-state index in [4.69, 9.17) is 10.5 Å². The molecule has 3 N–H and O–H groups in total. The molecule has 1 aliphatic heterocycles. The van der Waals surface area contributed by atoms with Gasteiger partial charge >= 0.3 is 0 Å². The Hall–Kier alpha value is -2.51. The van der Waals surface area contributed by atoms with Crippen molar-refractivity contribution in [2.45, 2.75) is 32.0 Å². The number of aromatic nitrogens is 2. The molecule has 1 fully saturated rings. The summed E-state index contributed by atoms with van der Waals surface area (Å²) in [6.45, 7) is 3.46. The molecule has 2 heterocycles. The van der Waals surface area contributed by atoms with Gasteiger partial charge in [0, 0.05) is 12.6 Å². The Morgan fingerprint density at radius 3 is 2.84 bits per heavy atom. The van der Waals surface area contributed by atoms with Crippen LogP contribution in [0, 0.1) is 0 Å². The standard InChI is InChI=1S/C18H22N4O3/c1-12-18(25-8-7-20-12)16(24)9-15(23)17-14(19)10-21-22(17)11-13-5-3-2-4-6-13/h2-6,10,12,18,20H,7-9,11,19H2,1H3. The van der Waals surface area contributed by atoms with Gasteiger partial charge in [0.1, 0.15) is 11.8 Å². The minimum Gasteiger partial charge on any atom is -0.396 e. The van der Waals surface area contributed by atoms with E-state index in [0.29, 0.717) is 19.7 Å². The lowest BCUT2D eigenvalue weighted by Gasteiger charge is -2.29. The predicted octanol–water partition coefficient (Wildman–Crippen LogP) is 1.03. The summed E-state index contributed by atoms with van der Waals surface area (Å²) in [5.41, 5.74) is 7.47. The number of hydrogen-bond acceptors (Lipinski definition) is 6. The van der Waals surface area contributed by atoms with Crippen LogP contribution in [-0.4, -0.2) is 46.6 Å². The van der Waals surface area contributed by atoms with Gasteiger partial charge in [-0.3, -0.25) is 14.3 Å². The second-order valence-electron chi connectivity index (χ2n) is 6.19. The quantitative estimate of drug-likeness (QED) is 0.601. The molecule has 25 heavy (non-hydrogen) atoms. The average Bonchev–Trinajstić information content (AvgIpc) is 2.96. The molecule has 0 saturated carbocycles. The zero-order valence-corrected chi connectivity index (χ0v) is 14.1. The van der Waals surface area contributed by atoms with Crippen molar-refractivity contribution in [3.8, 4) is 0 Å². The molecule has 7 nitrogen and oxygen atoms in total. The van der Waals surface area contributed by atoms with Crippen LogP contribution in [-0.2, 0) is 16.1 Å². The second-order valence-corrected chi connectivity index (χ2v) is 6.19. The third-order valence-electron chi connectivity index (χ3n) is 4.28. The van der Waals surface area contributed by atoms with Crippen molar-refractivity contribution in [1.29, 1.82) is 0 Å². The van der Waals surface area contributed by atoms with E-state index in [1.54, 1.807) is 4.68 Å². The van der Waals surface area contributed by atoms with Gasteiger partial charge in [0.2, 0.25) is 0 Å². The molecule has 0 spiro atoms.